The van der Waals surface area contributed by atoms with Crippen molar-refractivity contribution in [1.29, 1.82) is 0 Å². The van der Waals surface area contributed by atoms with Gasteiger partial charge in [0.2, 0.25) is 0 Å². The van der Waals surface area contributed by atoms with Gasteiger partial charge in [-0.25, -0.2) is 0 Å². The maximum atomic E-state index is 10.6. The molecule has 2 rings (SSSR count). The molecule has 0 aliphatic rings. The molecular formula is C9H5ClO2S. The first-order chi connectivity index (χ1) is 6.31. The first-order valence-corrected chi connectivity index (χ1v) is 4.79. The Morgan fingerprint density at radius 1 is 1.38 bits per heavy atom. The normalized spacial score (nSPS) is 10.2. The van der Waals surface area contributed by atoms with E-state index in [-0.39, 0.29) is 0 Å². The maximum Gasteiger partial charge on any atom is 0.154 e. The highest BCUT2D eigenvalue weighted by molar-refractivity contribution is 7.19. The SMILES string of the molecule is O=Cc1ccoc1-c1ccc(Cl)s1. The fourth-order valence-corrected chi connectivity index (χ4v) is 2.10. The average Bonchev–Trinajstić information content (AvgIpc) is 2.71. The summed E-state index contributed by atoms with van der Waals surface area (Å²) in [6, 6.07) is 5.24. The van der Waals surface area contributed by atoms with E-state index < -0.39 is 0 Å². The van der Waals surface area contributed by atoms with E-state index in [1.54, 1.807) is 12.1 Å². The van der Waals surface area contributed by atoms with Crippen LogP contribution in [0.25, 0.3) is 10.6 Å². The number of carbonyl (C=O) groups is 1. The topological polar surface area (TPSA) is 30.2 Å². The Morgan fingerprint density at radius 3 is 2.85 bits per heavy atom. The van der Waals surface area contributed by atoms with Crippen molar-refractivity contribution in [2.75, 3.05) is 0 Å². The van der Waals surface area contributed by atoms with Gasteiger partial charge >= 0.3 is 0 Å². The lowest BCUT2D eigenvalue weighted by atomic mass is 10.2. The number of hydrogen-bond donors (Lipinski definition) is 0. The number of aldehydes is 1. The molecule has 0 N–H and O–H groups in total. The Bertz CT molecular complexity index is 430. The van der Waals surface area contributed by atoms with E-state index in [1.165, 1.54) is 17.6 Å². The third-order valence-corrected chi connectivity index (χ3v) is 2.85. The zero-order valence-corrected chi connectivity index (χ0v) is 8.06. The minimum absolute atomic E-state index is 0.554. The summed E-state index contributed by atoms with van der Waals surface area (Å²) in [5.74, 6) is 0.590. The lowest BCUT2D eigenvalue weighted by Gasteiger charge is -1.90. The van der Waals surface area contributed by atoms with Crippen LogP contribution < -0.4 is 0 Å². The molecule has 0 aromatic carbocycles. The van der Waals surface area contributed by atoms with E-state index >= 15 is 0 Å². The Balaban J connectivity index is 2.51. The summed E-state index contributed by atoms with van der Waals surface area (Å²) in [6.45, 7) is 0. The molecule has 4 heteroatoms. The van der Waals surface area contributed by atoms with Crippen molar-refractivity contribution >= 4 is 29.2 Å². The van der Waals surface area contributed by atoms with Gasteiger partial charge in [0.15, 0.2) is 12.0 Å². The molecule has 0 fully saturated rings. The number of hydrogen-bond acceptors (Lipinski definition) is 3. The highest BCUT2D eigenvalue weighted by Crippen LogP contribution is 2.32. The van der Waals surface area contributed by atoms with Gasteiger partial charge in [0.05, 0.1) is 21.0 Å². The van der Waals surface area contributed by atoms with Crippen molar-refractivity contribution in [3.8, 4) is 10.6 Å². The quantitative estimate of drug-likeness (QED) is 0.714. The molecule has 0 saturated heterocycles. The average molecular weight is 213 g/mol. The summed E-state index contributed by atoms with van der Waals surface area (Å²) in [7, 11) is 0. The van der Waals surface area contributed by atoms with Crippen molar-refractivity contribution in [2.45, 2.75) is 0 Å². The smallest absolute Gasteiger partial charge is 0.154 e. The first-order valence-electron chi connectivity index (χ1n) is 3.59. The predicted octanol–water partition coefficient (Wildman–Crippen LogP) is 3.47. The highest BCUT2D eigenvalue weighted by atomic mass is 35.5. The Morgan fingerprint density at radius 2 is 2.23 bits per heavy atom. The third-order valence-electron chi connectivity index (χ3n) is 1.62. The molecule has 0 aliphatic carbocycles. The van der Waals surface area contributed by atoms with Gasteiger partial charge in [0.1, 0.15) is 0 Å². The predicted molar refractivity (Wildman–Crippen MR) is 52.4 cm³/mol. The van der Waals surface area contributed by atoms with Crippen LogP contribution in [-0.2, 0) is 0 Å². The van der Waals surface area contributed by atoms with Crippen LogP contribution in [0, 0.1) is 0 Å². The molecule has 13 heavy (non-hydrogen) atoms. The summed E-state index contributed by atoms with van der Waals surface area (Å²) >= 11 is 7.15. The largest absolute Gasteiger partial charge is 0.463 e. The van der Waals surface area contributed by atoms with Gasteiger partial charge in [-0.1, -0.05) is 11.6 Å². The molecule has 0 amide bonds. The molecule has 0 bridgehead atoms. The summed E-state index contributed by atoms with van der Waals surface area (Å²) in [5.41, 5.74) is 0.554. The molecule has 0 spiro atoms. The second-order valence-electron chi connectivity index (χ2n) is 2.43. The molecule has 2 aromatic rings. The second-order valence-corrected chi connectivity index (χ2v) is 4.14. The number of rotatable bonds is 2. The molecule has 0 aliphatic heterocycles. The summed E-state index contributed by atoms with van der Waals surface area (Å²) < 4.78 is 5.86. The van der Waals surface area contributed by atoms with Crippen LogP contribution in [-0.4, -0.2) is 6.29 Å². The zero-order valence-electron chi connectivity index (χ0n) is 6.49. The minimum atomic E-state index is 0.554. The van der Waals surface area contributed by atoms with Gasteiger partial charge in [0, 0.05) is 0 Å². The second kappa shape index (κ2) is 3.36. The van der Waals surface area contributed by atoms with Crippen molar-refractivity contribution in [1.82, 2.24) is 0 Å². The molecule has 0 radical (unpaired) electrons. The van der Waals surface area contributed by atoms with Gasteiger partial charge in [-0.05, 0) is 18.2 Å². The van der Waals surface area contributed by atoms with Gasteiger partial charge in [-0.2, -0.15) is 0 Å². The van der Waals surface area contributed by atoms with Gasteiger partial charge in [-0.3, -0.25) is 4.79 Å². The monoisotopic (exact) mass is 212 g/mol. The molecule has 0 atom stereocenters. The van der Waals surface area contributed by atoms with E-state index in [1.807, 2.05) is 6.07 Å². The molecule has 0 saturated carbocycles. The maximum absolute atomic E-state index is 10.6. The van der Waals surface area contributed by atoms with E-state index in [0.29, 0.717) is 15.7 Å². The number of carbonyl (C=O) groups excluding carboxylic acids is 1. The zero-order chi connectivity index (χ0) is 9.26. The lowest BCUT2D eigenvalue weighted by Crippen LogP contribution is -1.76. The highest BCUT2D eigenvalue weighted by Gasteiger charge is 2.09. The fraction of sp³-hybridized carbons (Fsp3) is 0. The van der Waals surface area contributed by atoms with Crippen molar-refractivity contribution in [3.63, 3.8) is 0 Å². The molecule has 66 valence electrons. The van der Waals surface area contributed by atoms with E-state index in [4.69, 9.17) is 16.0 Å². The van der Waals surface area contributed by atoms with Crippen molar-refractivity contribution in [2.24, 2.45) is 0 Å². The van der Waals surface area contributed by atoms with Crippen LogP contribution in [0.3, 0.4) is 0 Å². The first kappa shape index (κ1) is 8.53. The minimum Gasteiger partial charge on any atom is -0.463 e. The number of furan rings is 1. The van der Waals surface area contributed by atoms with E-state index in [2.05, 4.69) is 0 Å². The Kier molecular flexibility index (Phi) is 2.20. The van der Waals surface area contributed by atoms with Crippen LogP contribution in [0.2, 0.25) is 4.34 Å². The molecule has 2 aromatic heterocycles. The third kappa shape index (κ3) is 1.53. The Labute approximate surface area is 83.8 Å². The fourth-order valence-electron chi connectivity index (χ4n) is 1.05. The van der Waals surface area contributed by atoms with Crippen molar-refractivity contribution in [3.05, 3.63) is 34.4 Å². The summed E-state index contributed by atoms with van der Waals surface area (Å²) in [4.78, 5) is 11.5. The Hall–Kier alpha value is -1.06. The number of thiophene rings is 1. The molecular weight excluding hydrogens is 208 g/mol. The van der Waals surface area contributed by atoms with E-state index in [9.17, 15) is 4.79 Å². The van der Waals surface area contributed by atoms with Crippen LogP contribution >= 0.6 is 22.9 Å². The van der Waals surface area contributed by atoms with Crippen LogP contribution in [0.4, 0.5) is 0 Å². The summed E-state index contributed by atoms with van der Waals surface area (Å²) in [5, 5.41) is 0. The van der Waals surface area contributed by atoms with Gasteiger partial charge in [-0.15, -0.1) is 11.3 Å². The number of halogens is 1. The summed E-state index contributed by atoms with van der Waals surface area (Å²) in [6.07, 6.45) is 2.26. The molecule has 0 unspecified atom stereocenters. The lowest BCUT2D eigenvalue weighted by molar-refractivity contribution is 0.112. The van der Waals surface area contributed by atoms with Crippen LogP contribution in [0.5, 0.6) is 0 Å². The van der Waals surface area contributed by atoms with Gasteiger partial charge < -0.3 is 4.42 Å². The van der Waals surface area contributed by atoms with Gasteiger partial charge in [0.25, 0.3) is 0 Å². The molecule has 2 heterocycles. The van der Waals surface area contributed by atoms with E-state index in [0.717, 1.165) is 11.2 Å². The van der Waals surface area contributed by atoms with Crippen LogP contribution in [0.1, 0.15) is 10.4 Å². The van der Waals surface area contributed by atoms with Crippen molar-refractivity contribution < 1.29 is 9.21 Å². The standard InChI is InChI=1S/C9H5ClO2S/c10-8-2-1-7(13-8)9-6(5-11)3-4-12-9/h1-5H. The molecule has 2 nitrogen and oxygen atoms in total. The van der Waals surface area contributed by atoms with Crippen LogP contribution in [0.15, 0.2) is 28.9 Å².